The number of anilines is 2. The molecule has 0 saturated heterocycles. The van der Waals surface area contributed by atoms with Crippen molar-refractivity contribution in [2.24, 2.45) is 0 Å². The number of hydrogen-bond donors (Lipinski definition) is 3. The maximum Gasteiger partial charge on any atom is 0.276 e. The molecule has 0 bridgehead atoms. The SMILES string of the molecule is CCCN1CN(CC(C)=O)C(=O)c2[nH]c(-c3cn[nH]c3CC(=O)Nc3ccccc3)nc21. The van der Waals surface area contributed by atoms with Gasteiger partial charge in [-0.15, -0.1) is 0 Å². The van der Waals surface area contributed by atoms with Crippen LogP contribution in [0.1, 0.15) is 36.5 Å². The second-order valence-electron chi connectivity index (χ2n) is 7.75. The number of amides is 2. The van der Waals surface area contributed by atoms with Crippen molar-refractivity contribution in [1.82, 2.24) is 25.1 Å². The number of rotatable bonds is 8. The quantitative estimate of drug-likeness (QED) is 0.498. The van der Waals surface area contributed by atoms with Crippen LogP contribution in [0.4, 0.5) is 11.5 Å². The molecule has 3 N–H and O–H groups in total. The number of ketones is 1. The minimum atomic E-state index is -0.270. The molecule has 1 aliphatic heterocycles. The van der Waals surface area contributed by atoms with Gasteiger partial charge in [0.05, 0.1) is 37.1 Å². The van der Waals surface area contributed by atoms with Crippen LogP contribution in [-0.4, -0.2) is 62.4 Å². The average molecular weight is 435 g/mol. The maximum atomic E-state index is 12.9. The second-order valence-corrected chi connectivity index (χ2v) is 7.75. The van der Waals surface area contributed by atoms with Gasteiger partial charge in [-0.2, -0.15) is 5.10 Å². The molecule has 0 radical (unpaired) electrons. The molecule has 10 nitrogen and oxygen atoms in total. The maximum absolute atomic E-state index is 12.9. The number of nitrogens with zero attached hydrogens (tertiary/aromatic N) is 4. The first-order valence-corrected chi connectivity index (χ1v) is 10.5. The summed E-state index contributed by atoms with van der Waals surface area (Å²) in [7, 11) is 0. The number of Topliss-reactive ketones (excluding diaryl/α,β-unsaturated/α-hetero) is 1. The molecule has 166 valence electrons. The van der Waals surface area contributed by atoms with Crippen LogP contribution in [0.5, 0.6) is 0 Å². The van der Waals surface area contributed by atoms with Crippen molar-refractivity contribution in [3.05, 3.63) is 47.9 Å². The summed E-state index contributed by atoms with van der Waals surface area (Å²) >= 11 is 0. The lowest BCUT2D eigenvalue weighted by Crippen LogP contribution is -2.48. The van der Waals surface area contributed by atoms with Gasteiger partial charge in [0.2, 0.25) is 5.91 Å². The Morgan fingerprint density at radius 1 is 1.19 bits per heavy atom. The van der Waals surface area contributed by atoms with E-state index in [4.69, 9.17) is 0 Å². The number of para-hydroxylation sites is 1. The molecule has 0 aliphatic carbocycles. The molecule has 1 aromatic carbocycles. The molecule has 0 atom stereocenters. The number of H-pyrrole nitrogens is 2. The second kappa shape index (κ2) is 9.04. The molecule has 3 heterocycles. The van der Waals surface area contributed by atoms with Crippen LogP contribution in [0.2, 0.25) is 0 Å². The minimum Gasteiger partial charge on any atom is -0.337 e. The van der Waals surface area contributed by atoms with Gasteiger partial charge in [-0.25, -0.2) is 4.98 Å². The van der Waals surface area contributed by atoms with Crippen molar-refractivity contribution >= 4 is 29.1 Å². The van der Waals surface area contributed by atoms with E-state index in [1.165, 1.54) is 11.8 Å². The highest BCUT2D eigenvalue weighted by atomic mass is 16.2. The van der Waals surface area contributed by atoms with E-state index < -0.39 is 0 Å². The molecular formula is C22H25N7O3. The Balaban J connectivity index is 1.59. The molecular weight excluding hydrogens is 410 g/mol. The predicted octanol–water partition coefficient (Wildman–Crippen LogP) is 2.20. The van der Waals surface area contributed by atoms with Crippen molar-refractivity contribution in [3.8, 4) is 11.4 Å². The van der Waals surface area contributed by atoms with Gasteiger partial charge in [-0.05, 0) is 25.5 Å². The average Bonchev–Trinajstić information content (AvgIpc) is 3.39. The smallest absolute Gasteiger partial charge is 0.276 e. The molecule has 0 unspecified atom stereocenters. The van der Waals surface area contributed by atoms with Gasteiger partial charge >= 0.3 is 0 Å². The summed E-state index contributed by atoms with van der Waals surface area (Å²) < 4.78 is 0. The van der Waals surface area contributed by atoms with Crippen LogP contribution in [-0.2, 0) is 16.0 Å². The van der Waals surface area contributed by atoms with Crippen molar-refractivity contribution in [2.75, 3.05) is 30.0 Å². The number of nitrogens with one attached hydrogen (secondary N) is 3. The van der Waals surface area contributed by atoms with E-state index in [9.17, 15) is 14.4 Å². The van der Waals surface area contributed by atoms with Gasteiger partial charge in [0.25, 0.3) is 5.91 Å². The summed E-state index contributed by atoms with van der Waals surface area (Å²) in [5, 5.41) is 9.78. The van der Waals surface area contributed by atoms with Crippen LogP contribution >= 0.6 is 0 Å². The normalized spacial score (nSPS) is 13.2. The number of hydrogen-bond acceptors (Lipinski definition) is 6. The number of imidazole rings is 1. The first-order valence-electron chi connectivity index (χ1n) is 10.5. The van der Waals surface area contributed by atoms with Crippen molar-refractivity contribution < 1.29 is 14.4 Å². The molecule has 10 heteroatoms. The van der Waals surface area contributed by atoms with Crippen LogP contribution in [0, 0.1) is 0 Å². The van der Waals surface area contributed by atoms with E-state index in [0.717, 1.165) is 6.42 Å². The Morgan fingerprint density at radius 3 is 2.69 bits per heavy atom. The van der Waals surface area contributed by atoms with Crippen LogP contribution in [0.3, 0.4) is 0 Å². The molecule has 2 aromatic heterocycles. The molecule has 4 rings (SSSR count). The van der Waals surface area contributed by atoms with Gasteiger partial charge in [0.1, 0.15) is 17.3 Å². The number of carbonyl (C=O) groups is 3. The Kier molecular flexibility index (Phi) is 6.02. The topological polar surface area (TPSA) is 127 Å². The lowest BCUT2D eigenvalue weighted by atomic mass is 10.2. The van der Waals surface area contributed by atoms with Crippen molar-refractivity contribution in [3.63, 3.8) is 0 Å². The van der Waals surface area contributed by atoms with Gasteiger partial charge < -0.3 is 20.1 Å². The standard InChI is InChI=1S/C22H25N7O3/c1-3-9-28-13-29(12-14(2)30)22(32)19-21(28)26-20(25-19)16-11-23-27-17(16)10-18(31)24-15-7-5-4-6-8-15/h4-8,11H,3,9-10,12-13H2,1-2H3,(H,23,27)(H,24,31)(H,25,26). The highest BCUT2D eigenvalue weighted by Crippen LogP contribution is 2.30. The fourth-order valence-corrected chi connectivity index (χ4v) is 3.74. The van der Waals surface area contributed by atoms with E-state index in [-0.39, 0.29) is 30.6 Å². The summed E-state index contributed by atoms with van der Waals surface area (Å²) in [5.74, 6) is 0.444. The Labute approximate surface area is 185 Å². The lowest BCUT2D eigenvalue weighted by molar-refractivity contribution is -0.118. The van der Waals surface area contributed by atoms with Crippen molar-refractivity contribution in [2.45, 2.75) is 26.7 Å². The number of carbonyl (C=O) groups excluding carboxylic acids is 3. The fraction of sp³-hybridized carbons (Fsp3) is 0.318. The lowest BCUT2D eigenvalue weighted by Gasteiger charge is -2.34. The summed E-state index contributed by atoms with van der Waals surface area (Å²) in [5.41, 5.74) is 2.24. The molecule has 3 aromatic rings. The highest BCUT2D eigenvalue weighted by molar-refractivity contribution is 6.01. The zero-order chi connectivity index (χ0) is 22.7. The van der Waals surface area contributed by atoms with Gasteiger partial charge in [-0.3, -0.25) is 19.5 Å². The van der Waals surface area contributed by atoms with Gasteiger partial charge in [0.15, 0.2) is 5.82 Å². The third kappa shape index (κ3) is 4.39. The number of aromatic nitrogens is 4. The van der Waals surface area contributed by atoms with Crippen LogP contribution < -0.4 is 10.2 Å². The first kappa shape index (κ1) is 21.3. The summed E-state index contributed by atoms with van der Waals surface area (Å²) in [4.78, 5) is 48.3. The molecule has 0 saturated carbocycles. The summed E-state index contributed by atoms with van der Waals surface area (Å²) in [6.45, 7) is 4.55. The molecule has 1 aliphatic rings. The molecule has 32 heavy (non-hydrogen) atoms. The van der Waals surface area contributed by atoms with Crippen LogP contribution in [0.15, 0.2) is 36.5 Å². The van der Waals surface area contributed by atoms with Crippen molar-refractivity contribution in [1.29, 1.82) is 0 Å². The van der Waals surface area contributed by atoms with E-state index in [1.54, 1.807) is 6.20 Å². The van der Waals surface area contributed by atoms with E-state index in [1.807, 2.05) is 42.2 Å². The molecule has 0 fully saturated rings. The predicted molar refractivity (Wildman–Crippen MR) is 119 cm³/mol. The van der Waals surface area contributed by atoms with Gasteiger partial charge in [-0.1, -0.05) is 25.1 Å². The van der Waals surface area contributed by atoms with E-state index in [0.29, 0.717) is 47.5 Å². The highest BCUT2D eigenvalue weighted by Gasteiger charge is 2.33. The molecule has 0 spiro atoms. The zero-order valence-corrected chi connectivity index (χ0v) is 18.0. The zero-order valence-electron chi connectivity index (χ0n) is 18.0. The monoisotopic (exact) mass is 435 g/mol. The Hall–Kier alpha value is -3.95. The summed E-state index contributed by atoms with van der Waals surface area (Å²) in [6, 6.07) is 9.19. The Morgan fingerprint density at radius 2 is 1.97 bits per heavy atom. The fourth-order valence-electron chi connectivity index (χ4n) is 3.74. The number of benzene rings is 1. The first-order chi connectivity index (χ1) is 15.5. The molecule has 2 amide bonds. The summed E-state index contributed by atoms with van der Waals surface area (Å²) in [6.07, 6.45) is 2.51. The minimum absolute atomic E-state index is 0.0451. The van der Waals surface area contributed by atoms with Gasteiger partial charge in [0, 0.05) is 12.2 Å². The number of aromatic amines is 2. The number of fused-ring (bicyclic) bond motifs is 1. The van der Waals surface area contributed by atoms with Crippen LogP contribution in [0.25, 0.3) is 11.4 Å². The van der Waals surface area contributed by atoms with E-state index >= 15 is 0 Å². The Bertz CT molecular complexity index is 1140. The third-order valence-electron chi connectivity index (χ3n) is 5.10. The largest absolute Gasteiger partial charge is 0.337 e. The third-order valence-corrected chi connectivity index (χ3v) is 5.10. The van der Waals surface area contributed by atoms with E-state index in [2.05, 4.69) is 25.5 Å².